The molecule has 8 heteroatoms. The molecule has 1 aromatic rings. The summed E-state index contributed by atoms with van der Waals surface area (Å²) in [4.78, 5) is 10.5. The van der Waals surface area contributed by atoms with Crippen LogP contribution in [0.2, 0.25) is 0 Å². The van der Waals surface area contributed by atoms with Crippen molar-refractivity contribution in [1.82, 2.24) is 4.72 Å². The topological polar surface area (TPSA) is 120 Å². The van der Waals surface area contributed by atoms with E-state index in [-0.39, 0.29) is 17.1 Å². The lowest BCUT2D eigenvalue weighted by atomic mass is 10.2. The van der Waals surface area contributed by atoms with Crippen LogP contribution in [0.3, 0.4) is 0 Å². The van der Waals surface area contributed by atoms with E-state index < -0.39 is 27.8 Å². The van der Waals surface area contributed by atoms with Crippen LogP contribution in [-0.2, 0) is 10.0 Å². The second kappa shape index (κ2) is 5.86. The molecule has 0 spiro atoms. The summed E-state index contributed by atoms with van der Waals surface area (Å²) in [7, 11) is -3.90. The number of carboxylic acid groups (broad SMARTS) is 1. The molecule has 1 heterocycles. The highest BCUT2D eigenvalue weighted by atomic mass is 32.2. The van der Waals surface area contributed by atoms with E-state index in [4.69, 9.17) is 14.8 Å². The van der Waals surface area contributed by atoms with Crippen LogP contribution in [0, 0.1) is 18.3 Å². The summed E-state index contributed by atoms with van der Waals surface area (Å²) < 4.78 is 31.3. The Morgan fingerprint density at radius 2 is 2.26 bits per heavy atom. The summed E-state index contributed by atoms with van der Waals surface area (Å²) >= 11 is 0. The highest BCUT2D eigenvalue weighted by molar-refractivity contribution is 7.89. The molecule has 1 atom stereocenters. The standard InChI is InChI=1S/C11H14N2O5S/c1-3-8(4-5-12)13-19(16,17)10-6-9(11(14)15)18-7(10)2/h6,8,13H,3-4H2,1-2H3,(H,14,15). The second-order valence-electron chi connectivity index (χ2n) is 3.92. The number of nitriles is 1. The Bertz CT molecular complexity index is 612. The molecule has 0 bridgehead atoms. The molecule has 0 radical (unpaired) electrons. The summed E-state index contributed by atoms with van der Waals surface area (Å²) in [5, 5.41) is 17.3. The molecule has 0 aliphatic rings. The molecule has 0 aliphatic heterocycles. The van der Waals surface area contributed by atoms with E-state index in [0.29, 0.717) is 6.42 Å². The van der Waals surface area contributed by atoms with E-state index in [1.807, 2.05) is 6.07 Å². The van der Waals surface area contributed by atoms with Crippen molar-refractivity contribution >= 4 is 16.0 Å². The molecule has 2 N–H and O–H groups in total. The number of aryl methyl sites for hydroxylation is 1. The van der Waals surface area contributed by atoms with E-state index in [2.05, 4.69) is 4.72 Å². The van der Waals surface area contributed by atoms with Crippen LogP contribution < -0.4 is 4.72 Å². The Labute approximate surface area is 110 Å². The van der Waals surface area contributed by atoms with Crippen molar-refractivity contribution in [3.05, 3.63) is 17.6 Å². The van der Waals surface area contributed by atoms with Crippen LogP contribution in [-0.4, -0.2) is 25.5 Å². The molecule has 0 aliphatic carbocycles. The number of furan rings is 1. The van der Waals surface area contributed by atoms with Crippen LogP contribution in [0.5, 0.6) is 0 Å². The molecular formula is C11H14N2O5S. The molecule has 19 heavy (non-hydrogen) atoms. The summed E-state index contributed by atoms with van der Waals surface area (Å²) in [5.74, 6) is -1.78. The van der Waals surface area contributed by atoms with Crippen molar-refractivity contribution in [3.8, 4) is 6.07 Å². The lowest BCUT2D eigenvalue weighted by Gasteiger charge is -2.13. The first kappa shape index (κ1) is 15.2. The van der Waals surface area contributed by atoms with Gasteiger partial charge in [0.05, 0.1) is 12.5 Å². The minimum absolute atomic E-state index is 0.00305. The van der Waals surface area contributed by atoms with Gasteiger partial charge in [-0.2, -0.15) is 5.26 Å². The predicted molar refractivity (Wildman–Crippen MR) is 65.0 cm³/mol. The number of nitrogens with zero attached hydrogens (tertiary/aromatic N) is 1. The third-order valence-corrected chi connectivity index (χ3v) is 4.15. The summed E-state index contributed by atoms with van der Waals surface area (Å²) in [5.41, 5.74) is 0. The summed E-state index contributed by atoms with van der Waals surface area (Å²) in [6.45, 7) is 3.11. The second-order valence-corrected chi connectivity index (χ2v) is 5.61. The van der Waals surface area contributed by atoms with Gasteiger partial charge in [0.2, 0.25) is 15.8 Å². The van der Waals surface area contributed by atoms with Gasteiger partial charge in [0.15, 0.2) is 0 Å². The molecule has 7 nitrogen and oxygen atoms in total. The number of sulfonamides is 1. The summed E-state index contributed by atoms with van der Waals surface area (Å²) in [6.07, 6.45) is 0.494. The molecular weight excluding hydrogens is 272 g/mol. The number of carboxylic acids is 1. The maximum Gasteiger partial charge on any atom is 0.371 e. The molecule has 0 saturated heterocycles. The fourth-order valence-electron chi connectivity index (χ4n) is 1.50. The van der Waals surface area contributed by atoms with E-state index >= 15 is 0 Å². The SMILES string of the molecule is CCC(CC#N)NS(=O)(=O)c1cc(C(=O)O)oc1C. The van der Waals surface area contributed by atoms with E-state index in [0.717, 1.165) is 6.07 Å². The van der Waals surface area contributed by atoms with Gasteiger partial charge in [-0.05, 0) is 13.3 Å². The lowest BCUT2D eigenvalue weighted by molar-refractivity contribution is 0.0661. The first-order valence-electron chi connectivity index (χ1n) is 5.54. The minimum Gasteiger partial charge on any atom is -0.475 e. The highest BCUT2D eigenvalue weighted by Crippen LogP contribution is 2.20. The highest BCUT2D eigenvalue weighted by Gasteiger charge is 2.25. The molecule has 0 saturated carbocycles. The zero-order chi connectivity index (χ0) is 14.6. The lowest BCUT2D eigenvalue weighted by Crippen LogP contribution is -2.34. The third kappa shape index (κ3) is 3.56. The Balaban J connectivity index is 3.07. The number of aromatic carboxylic acids is 1. The predicted octanol–water partition coefficient (Wildman–Crippen LogP) is 1.26. The van der Waals surface area contributed by atoms with Gasteiger partial charge in [0.25, 0.3) is 0 Å². The van der Waals surface area contributed by atoms with Gasteiger partial charge in [0, 0.05) is 12.1 Å². The van der Waals surface area contributed by atoms with Crippen LogP contribution in [0.15, 0.2) is 15.4 Å². The van der Waals surface area contributed by atoms with Gasteiger partial charge in [0.1, 0.15) is 10.7 Å². The van der Waals surface area contributed by atoms with Gasteiger partial charge in [-0.1, -0.05) is 6.92 Å². The Morgan fingerprint density at radius 3 is 2.68 bits per heavy atom. The van der Waals surface area contributed by atoms with Gasteiger partial charge in [-0.3, -0.25) is 0 Å². The van der Waals surface area contributed by atoms with Crippen LogP contribution in [0.4, 0.5) is 0 Å². The average molecular weight is 286 g/mol. The molecule has 104 valence electrons. The first-order chi connectivity index (χ1) is 8.81. The molecule has 1 aromatic heterocycles. The normalized spacial score (nSPS) is 12.9. The fourth-order valence-corrected chi connectivity index (χ4v) is 3.00. The van der Waals surface area contributed by atoms with Crippen LogP contribution in [0.1, 0.15) is 36.1 Å². The quantitative estimate of drug-likeness (QED) is 0.812. The fraction of sp³-hybridized carbons (Fsp3) is 0.455. The first-order valence-corrected chi connectivity index (χ1v) is 7.03. The molecule has 1 unspecified atom stereocenters. The van der Waals surface area contributed by atoms with Crippen molar-refractivity contribution in [2.24, 2.45) is 0 Å². The number of carbonyl (C=O) groups is 1. The zero-order valence-corrected chi connectivity index (χ0v) is 11.3. The monoisotopic (exact) mass is 286 g/mol. The van der Waals surface area contributed by atoms with Gasteiger partial charge < -0.3 is 9.52 Å². The molecule has 0 amide bonds. The van der Waals surface area contributed by atoms with E-state index in [1.165, 1.54) is 6.92 Å². The van der Waals surface area contributed by atoms with Crippen molar-refractivity contribution < 1.29 is 22.7 Å². The molecule has 1 rings (SSSR count). The Morgan fingerprint density at radius 1 is 1.63 bits per heavy atom. The van der Waals surface area contributed by atoms with Crippen LogP contribution >= 0.6 is 0 Å². The van der Waals surface area contributed by atoms with Gasteiger partial charge in [-0.15, -0.1) is 0 Å². The number of nitrogens with one attached hydrogen (secondary N) is 1. The van der Waals surface area contributed by atoms with Crippen molar-refractivity contribution in [1.29, 1.82) is 5.26 Å². The van der Waals surface area contributed by atoms with Crippen LogP contribution in [0.25, 0.3) is 0 Å². The number of hydrogen-bond acceptors (Lipinski definition) is 5. The van der Waals surface area contributed by atoms with E-state index in [9.17, 15) is 13.2 Å². The zero-order valence-electron chi connectivity index (χ0n) is 10.5. The maximum atomic E-state index is 12.1. The van der Waals surface area contributed by atoms with Gasteiger partial charge >= 0.3 is 5.97 Å². The third-order valence-electron chi connectivity index (χ3n) is 2.52. The number of hydrogen-bond donors (Lipinski definition) is 2. The van der Waals surface area contributed by atoms with E-state index in [1.54, 1.807) is 6.92 Å². The molecule has 0 aromatic carbocycles. The summed E-state index contributed by atoms with van der Waals surface area (Å²) in [6, 6.07) is 2.33. The minimum atomic E-state index is -3.90. The van der Waals surface area contributed by atoms with Crippen molar-refractivity contribution in [2.45, 2.75) is 37.6 Å². The smallest absolute Gasteiger partial charge is 0.371 e. The molecule has 0 fully saturated rings. The van der Waals surface area contributed by atoms with Gasteiger partial charge in [-0.25, -0.2) is 17.9 Å². The average Bonchev–Trinajstić information content (AvgIpc) is 2.71. The Hall–Kier alpha value is -1.85. The Kier molecular flexibility index (Phi) is 4.69. The number of rotatable bonds is 6. The maximum absolute atomic E-state index is 12.1. The van der Waals surface area contributed by atoms with Crippen molar-refractivity contribution in [2.75, 3.05) is 0 Å². The largest absolute Gasteiger partial charge is 0.475 e. The van der Waals surface area contributed by atoms with Crippen molar-refractivity contribution in [3.63, 3.8) is 0 Å².